The average molecular weight is 375 g/mol. The van der Waals surface area contributed by atoms with Gasteiger partial charge in [-0.15, -0.1) is 0 Å². The van der Waals surface area contributed by atoms with E-state index < -0.39 is 0 Å². The molecule has 5 heteroatoms. The number of carbonyl (C=O) groups is 1. The van der Waals surface area contributed by atoms with Crippen molar-refractivity contribution < 1.29 is 9.53 Å². The lowest BCUT2D eigenvalue weighted by Gasteiger charge is -2.40. The van der Waals surface area contributed by atoms with Crippen LogP contribution in [0.25, 0.3) is 0 Å². The summed E-state index contributed by atoms with van der Waals surface area (Å²) in [5.74, 6) is -0.116. The van der Waals surface area contributed by atoms with E-state index in [9.17, 15) is 4.79 Å². The summed E-state index contributed by atoms with van der Waals surface area (Å²) in [4.78, 5) is 12.4. The number of hydrogen-bond donors (Lipinski definition) is 1. The predicted octanol–water partition coefficient (Wildman–Crippen LogP) is 4.57. The molecule has 2 rings (SSSR count). The average Bonchev–Trinajstić information content (AvgIpc) is 2.49. The van der Waals surface area contributed by atoms with Crippen molar-refractivity contribution in [2.75, 3.05) is 6.61 Å². The lowest BCUT2D eigenvalue weighted by Crippen LogP contribution is -2.48. The number of ether oxygens (including phenoxy) is 1. The Kier molecular flexibility index (Phi) is 5.69. The van der Waals surface area contributed by atoms with Crippen molar-refractivity contribution >= 4 is 33.4 Å². The summed E-state index contributed by atoms with van der Waals surface area (Å²) in [7, 11) is 0. The first-order valence-corrected chi connectivity index (χ1v) is 8.56. The molecule has 0 spiro atoms. The minimum absolute atomic E-state index is 0.0999. The summed E-state index contributed by atoms with van der Waals surface area (Å²) < 4.78 is 6.79. The Morgan fingerprint density at radius 2 is 2.19 bits per heavy atom. The molecule has 1 amide bonds. The van der Waals surface area contributed by atoms with Gasteiger partial charge in [0.25, 0.3) is 5.91 Å². The number of hydrogen-bond acceptors (Lipinski definition) is 2. The fourth-order valence-corrected chi connectivity index (χ4v) is 3.39. The van der Waals surface area contributed by atoms with E-state index in [-0.39, 0.29) is 17.6 Å². The first-order valence-electron chi connectivity index (χ1n) is 7.39. The Bertz CT molecular complexity index is 517. The first-order chi connectivity index (χ1) is 9.99. The first kappa shape index (κ1) is 16.8. The van der Waals surface area contributed by atoms with E-state index in [4.69, 9.17) is 16.3 Å². The van der Waals surface area contributed by atoms with Crippen LogP contribution >= 0.6 is 27.5 Å². The SMILES string of the molecule is CCC1(CC)CC(NC(=O)c2cc(Br)ccc2Cl)CCO1. The molecular weight excluding hydrogens is 354 g/mol. The number of benzene rings is 1. The molecule has 1 N–H and O–H groups in total. The molecule has 1 saturated heterocycles. The van der Waals surface area contributed by atoms with Gasteiger partial charge in [-0.2, -0.15) is 0 Å². The summed E-state index contributed by atoms with van der Waals surface area (Å²) >= 11 is 9.48. The van der Waals surface area contributed by atoms with E-state index in [2.05, 4.69) is 35.1 Å². The van der Waals surface area contributed by atoms with Crippen LogP contribution < -0.4 is 5.32 Å². The number of rotatable bonds is 4. The molecule has 1 atom stereocenters. The van der Waals surface area contributed by atoms with Gasteiger partial charge in [-0.05, 0) is 43.9 Å². The highest BCUT2D eigenvalue weighted by atomic mass is 79.9. The molecule has 3 nitrogen and oxygen atoms in total. The van der Waals surface area contributed by atoms with E-state index in [1.807, 2.05) is 6.07 Å². The third kappa shape index (κ3) is 3.99. The van der Waals surface area contributed by atoms with Crippen molar-refractivity contribution in [3.8, 4) is 0 Å². The summed E-state index contributed by atoms with van der Waals surface area (Å²) in [6.07, 6.45) is 3.64. The summed E-state index contributed by atoms with van der Waals surface area (Å²) in [5, 5.41) is 3.57. The van der Waals surface area contributed by atoms with Crippen LogP contribution in [-0.2, 0) is 4.74 Å². The molecule has 116 valence electrons. The topological polar surface area (TPSA) is 38.3 Å². The second-order valence-corrected chi connectivity index (χ2v) is 6.85. The van der Waals surface area contributed by atoms with Crippen LogP contribution in [0.5, 0.6) is 0 Å². The zero-order valence-electron chi connectivity index (χ0n) is 12.4. The Morgan fingerprint density at radius 1 is 1.48 bits per heavy atom. The number of halogens is 2. The normalized spacial score (nSPS) is 21.0. The van der Waals surface area contributed by atoms with Crippen LogP contribution in [0.3, 0.4) is 0 Å². The highest BCUT2D eigenvalue weighted by Crippen LogP contribution is 2.31. The number of amides is 1. The molecule has 1 heterocycles. The molecule has 1 aliphatic rings. The molecule has 1 aromatic rings. The molecule has 21 heavy (non-hydrogen) atoms. The monoisotopic (exact) mass is 373 g/mol. The zero-order valence-corrected chi connectivity index (χ0v) is 14.8. The predicted molar refractivity (Wildman–Crippen MR) is 88.9 cm³/mol. The van der Waals surface area contributed by atoms with Gasteiger partial charge in [0.1, 0.15) is 0 Å². The van der Waals surface area contributed by atoms with Crippen LogP contribution in [0.4, 0.5) is 0 Å². The molecule has 0 aliphatic carbocycles. The van der Waals surface area contributed by atoms with Gasteiger partial charge >= 0.3 is 0 Å². The van der Waals surface area contributed by atoms with Gasteiger partial charge in [0, 0.05) is 17.1 Å². The van der Waals surface area contributed by atoms with Gasteiger partial charge in [-0.1, -0.05) is 41.4 Å². The summed E-state index contributed by atoms with van der Waals surface area (Å²) in [6.45, 7) is 4.97. The lowest BCUT2D eigenvalue weighted by molar-refractivity contribution is -0.0917. The third-order valence-electron chi connectivity index (χ3n) is 4.29. The van der Waals surface area contributed by atoms with E-state index in [0.717, 1.165) is 30.2 Å². The Morgan fingerprint density at radius 3 is 2.86 bits per heavy atom. The van der Waals surface area contributed by atoms with Crippen LogP contribution in [0.1, 0.15) is 49.9 Å². The van der Waals surface area contributed by atoms with Gasteiger partial charge in [0.15, 0.2) is 0 Å². The summed E-state index contributed by atoms with van der Waals surface area (Å²) in [5.41, 5.74) is 0.410. The lowest BCUT2D eigenvalue weighted by atomic mass is 9.86. The molecule has 0 bridgehead atoms. The molecule has 0 radical (unpaired) electrons. The second kappa shape index (κ2) is 7.12. The van der Waals surface area contributed by atoms with E-state index in [0.29, 0.717) is 17.2 Å². The molecule has 1 aliphatic heterocycles. The summed E-state index contributed by atoms with van der Waals surface area (Å²) in [6, 6.07) is 5.45. The van der Waals surface area contributed by atoms with Crippen LogP contribution in [0.2, 0.25) is 5.02 Å². The molecule has 1 fully saturated rings. The molecule has 1 unspecified atom stereocenters. The van der Waals surface area contributed by atoms with Crippen molar-refractivity contribution in [2.24, 2.45) is 0 Å². The second-order valence-electron chi connectivity index (χ2n) is 5.53. The van der Waals surface area contributed by atoms with Gasteiger partial charge in [-0.3, -0.25) is 4.79 Å². The van der Waals surface area contributed by atoms with E-state index in [1.54, 1.807) is 12.1 Å². The Balaban J connectivity index is 2.07. The van der Waals surface area contributed by atoms with E-state index in [1.165, 1.54) is 0 Å². The van der Waals surface area contributed by atoms with Gasteiger partial charge in [-0.25, -0.2) is 0 Å². The Labute approximate surface area is 139 Å². The minimum Gasteiger partial charge on any atom is -0.375 e. The highest BCUT2D eigenvalue weighted by Gasteiger charge is 2.35. The maximum absolute atomic E-state index is 12.4. The van der Waals surface area contributed by atoms with Crippen molar-refractivity contribution in [3.05, 3.63) is 33.3 Å². The standard InChI is InChI=1S/C16H21BrClNO2/c1-3-16(4-2)10-12(7-8-21-16)19-15(20)13-9-11(17)5-6-14(13)18/h5-6,9,12H,3-4,7-8,10H2,1-2H3,(H,19,20). The fourth-order valence-electron chi connectivity index (χ4n) is 2.83. The largest absolute Gasteiger partial charge is 0.375 e. The quantitative estimate of drug-likeness (QED) is 0.838. The van der Waals surface area contributed by atoms with Crippen molar-refractivity contribution in [1.29, 1.82) is 0 Å². The van der Waals surface area contributed by atoms with E-state index >= 15 is 0 Å². The van der Waals surface area contributed by atoms with Crippen LogP contribution in [0, 0.1) is 0 Å². The fraction of sp³-hybridized carbons (Fsp3) is 0.562. The van der Waals surface area contributed by atoms with Crippen molar-refractivity contribution in [2.45, 2.75) is 51.2 Å². The van der Waals surface area contributed by atoms with Gasteiger partial charge in [0.05, 0.1) is 16.2 Å². The number of carbonyl (C=O) groups excluding carboxylic acids is 1. The molecule has 1 aromatic carbocycles. The minimum atomic E-state index is -0.116. The number of nitrogens with one attached hydrogen (secondary N) is 1. The van der Waals surface area contributed by atoms with Gasteiger partial charge < -0.3 is 10.1 Å². The van der Waals surface area contributed by atoms with Crippen molar-refractivity contribution in [1.82, 2.24) is 5.32 Å². The van der Waals surface area contributed by atoms with Gasteiger partial charge in [0.2, 0.25) is 0 Å². The molecule has 0 saturated carbocycles. The third-order valence-corrected chi connectivity index (χ3v) is 5.11. The van der Waals surface area contributed by atoms with Crippen LogP contribution in [-0.4, -0.2) is 24.2 Å². The molecule has 0 aromatic heterocycles. The highest BCUT2D eigenvalue weighted by molar-refractivity contribution is 9.10. The van der Waals surface area contributed by atoms with Crippen LogP contribution in [0.15, 0.2) is 22.7 Å². The maximum Gasteiger partial charge on any atom is 0.253 e. The smallest absolute Gasteiger partial charge is 0.253 e. The maximum atomic E-state index is 12.4. The van der Waals surface area contributed by atoms with Crippen molar-refractivity contribution in [3.63, 3.8) is 0 Å². The molecular formula is C16H21BrClNO2. The Hall–Kier alpha value is -0.580. The zero-order chi connectivity index (χ0) is 15.5.